The van der Waals surface area contributed by atoms with Gasteiger partial charge in [-0.15, -0.1) is 0 Å². The Labute approximate surface area is 234 Å². The van der Waals surface area contributed by atoms with Crippen LogP contribution in [0.1, 0.15) is 24.5 Å². The molecule has 2 nitrogen and oxygen atoms in total. The van der Waals surface area contributed by atoms with Gasteiger partial charge in [-0.2, -0.15) is 0 Å². The SMILES string of the molecule is CCCN1CC(=Cc2c3ccccc3cc3ccccc23)C(=O)C(=Cc2c3ccccc3cc3ccccc23)C1. The highest BCUT2D eigenvalue weighted by Gasteiger charge is 2.26. The fourth-order valence-corrected chi connectivity index (χ4v) is 6.34. The summed E-state index contributed by atoms with van der Waals surface area (Å²) in [5.74, 6) is 0.154. The predicted octanol–water partition coefficient (Wildman–Crippen LogP) is 9.06. The van der Waals surface area contributed by atoms with Gasteiger partial charge in [-0.25, -0.2) is 0 Å². The van der Waals surface area contributed by atoms with Crippen molar-refractivity contribution < 1.29 is 4.79 Å². The van der Waals surface area contributed by atoms with E-state index in [0.717, 1.165) is 35.2 Å². The third-order valence-corrected chi connectivity index (χ3v) is 8.17. The van der Waals surface area contributed by atoms with Crippen LogP contribution >= 0.6 is 0 Å². The summed E-state index contributed by atoms with van der Waals surface area (Å²) >= 11 is 0. The molecule has 0 amide bonds. The van der Waals surface area contributed by atoms with Gasteiger partial charge < -0.3 is 0 Å². The van der Waals surface area contributed by atoms with Gasteiger partial charge in [0.25, 0.3) is 0 Å². The molecule has 0 bridgehead atoms. The zero-order chi connectivity index (χ0) is 27.1. The largest absolute Gasteiger partial charge is 0.295 e. The highest BCUT2D eigenvalue weighted by Crippen LogP contribution is 2.34. The van der Waals surface area contributed by atoms with Crippen LogP contribution in [-0.2, 0) is 4.79 Å². The number of piperidine rings is 1. The molecule has 194 valence electrons. The summed E-state index contributed by atoms with van der Waals surface area (Å²) in [6.07, 6.45) is 5.39. The summed E-state index contributed by atoms with van der Waals surface area (Å²) < 4.78 is 0. The Morgan fingerprint density at radius 3 is 1.27 bits per heavy atom. The lowest BCUT2D eigenvalue weighted by molar-refractivity contribution is -0.113. The predicted molar refractivity (Wildman–Crippen MR) is 171 cm³/mol. The van der Waals surface area contributed by atoms with Crippen molar-refractivity contribution in [1.82, 2.24) is 4.90 Å². The third kappa shape index (κ3) is 4.31. The van der Waals surface area contributed by atoms with Crippen molar-refractivity contribution in [2.24, 2.45) is 0 Å². The lowest BCUT2D eigenvalue weighted by Crippen LogP contribution is -2.38. The summed E-state index contributed by atoms with van der Waals surface area (Å²) in [5, 5.41) is 9.50. The van der Waals surface area contributed by atoms with Crippen LogP contribution in [0.4, 0.5) is 0 Å². The van der Waals surface area contributed by atoms with Gasteiger partial charge in [-0.3, -0.25) is 9.69 Å². The standard InChI is InChI=1S/C38H31NO/c1-2-19-39-24-30(22-36-32-15-7-3-11-26(32)20-27-12-4-8-16-33(27)36)38(40)31(25-39)23-37-34-17-9-5-13-28(34)21-29-14-6-10-18-35(29)37/h3-18,20-23H,2,19,24-25H2,1H3. The van der Waals surface area contributed by atoms with Gasteiger partial charge in [0.15, 0.2) is 5.78 Å². The molecular formula is C38H31NO. The Morgan fingerprint density at radius 2 is 0.925 bits per heavy atom. The summed E-state index contributed by atoms with van der Waals surface area (Å²) in [5.41, 5.74) is 3.98. The van der Waals surface area contributed by atoms with Crippen LogP contribution in [0.5, 0.6) is 0 Å². The molecule has 0 saturated carbocycles. The highest BCUT2D eigenvalue weighted by molar-refractivity contribution is 6.19. The van der Waals surface area contributed by atoms with Crippen LogP contribution in [0, 0.1) is 0 Å². The van der Waals surface area contributed by atoms with E-state index in [-0.39, 0.29) is 5.78 Å². The van der Waals surface area contributed by atoms with Crippen LogP contribution in [0.25, 0.3) is 55.2 Å². The monoisotopic (exact) mass is 517 g/mol. The molecule has 0 aromatic heterocycles. The number of rotatable bonds is 4. The first-order valence-corrected chi connectivity index (χ1v) is 14.2. The van der Waals surface area contributed by atoms with E-state index < -0.39 is 0 Å². The van der Waals surface area contributed by atoms with Crippen LogP contribution in [0.2, 0.25) is 0 Å². The molecule has 1 aliphatic rings. The van der Waals surface area contributed by atoms with Crippen LogP contribution in [0.3, 0.4) is 0 Å². The maximum absolute atomic E-state index is 14.3. The molecular weight excluding hydrogens is 486 g/mol. The Morgan fingerprint density at radius 1 is 0.575 bits per heavy atom. The summed E-state index contributed by atoms with van der Waals surface area (Å²) in [6, 6.07) is 38.5. The van der Waals surface area contributed by atoms with Crippen molar-refractivity contribution in [3.05, 3.63) is 131 Å². The van der Waals surface area contributed by atoms with Gasteiger partial charge >= 0.3 is 0 Å². The Balaban J connectivity index is 1.44. The van der Waals surface area contributed by atoms with Crippen molar-refractivity contribution in [1.29, 1.82) is 0 Å². The van der Waals surface area contributed by atoms with E-state index in [9.17, 15) is 4.79 Å². The molecule has 0 N–H and O–H groups in total. The molecule has 6 aromatic carbocycles. The lowest BCUT2D eigenvalue weighted by atomic mass is 9.89. The minimum Gasteiger partial charge on any atom is -0.295 e. The molecule has 0 spiro atoms. The minimum absolute atomic E-state index is 0.154. The van der Waals surface area contributed by atoms with E-state index in [1.165, 1.54) is 43.1 Å². The van der Waals surface area contributed by atoms with Crippen molar-refractivity contribution in [3.8, 4) is 0 Å². The first kappa shape index (κ1) is 24.5. The quantitative estimate of drug-likeness (QED) is 0.172. The average Bonchev–Trinajstić information content (AvgIpc) is 2.99. The molecule has 1 heterocycles. The molecule has 1 aliphatic heterocycles. The number of likely N-dealkylation sites (tertiary alicyclic amines) is 1. The van der Waals surface area contributed by atoms with E-state index in [4.69, 9.17) is 0 Å². The zero-order valence-electron chi connectivity index (χ0n) is 22.7. The number of hydrogen-bond donors (Lipinski definition) is 0. The Bertz CT molecular complexity index is 1750. The van der Waals surface area contributed by atoms with Crippen molar-refractivity contribution in [2.75, 3.05) is 19.6 Å². The van der Waals surface area contributed by atoms with E-state index in [1.807, 2.05) is 0 Å². The zero-order valence-corrected chi connectivity index (χ0v) is 22.7. The van der Waals surface area contributed by atoms with Gasteiger partial charge in [0.1, 0.15) is 0 Å². The third-order valence-electron chi connectivity index (χ3n) is 8.17. The number of carbonyl (C=O) groups excluding carboxylic acids is 1. The topological polar surface area (TPSA) is 20.3 Å². The van der Waals surface area contributed by atoms with Crippen LogP contribution in [0.15, 0.2) is 120 Å². The minimum atomic E-state index is 0.154. The van der Waals surface area contributed by atoms with Crippen LogP contribution < -0.4 is 0 Å². The van der Waals surface area contributed by atoms with E-state index >= 15 is 0 Å². The number of ketones is 1. The van der Waals surface area contributed by atoms with Gasteiger partial charge in [0, 0.05) is 24.2 Å². The molecule has 0 unspecified atom stereocenters. The Hall–Kier alpha value is -4.53. The smallest absolute Gasteiger partial charge is 0.187 e. The van der Waals surface area contributed by atoms with Crippen LogP contribution in [-0.4, -0.2) is 30.3 Å². The Kier molecular flexibility index (Phi) is 6.26. The molecule has 1 saturated heterocycles. The van der Waals surface area contributed by atoms with E-state index in [2.05, 4.69) is 133 Å². The molecule has 7 rings (SSSR count). The number of nitrogens with zero attached hydrogens (tertiary/aromatic N) is 1. The maximum Gasteiger partial charge on any atom is 0.187 e. The number of fused-ring (bicyclic) bond motifs is 4. The van der Waals surface area contributed by atoms with Gasteiger partial charge in [0.05, 0.1) is 0 Å². The van der Waals surface area contributed by atoms with Gasteiger partial charge in [0.2, 0.25) is 0 Å². The molecule has 6 aromatic rings. The molecule has 0 aliphatic carbocycles. The second kappa shape index (κ2) is 10.2. The first-order chi connectivity index (χ1) is 19.7. The highest BCUT2D eigenvalue weighted by atomic mass is 16.1. The summed E-state index contributed by atoms with van der Waals surface area (Å²) in [6.45, 7) is 4.49. The number of Topliss-reactive ketones (excluding diaryl/α,β-unsaturated/α-hetero) is 1. The number of hydrogen-bond acceptors (Lipinski definition) is 2. The summed E-state index contributed by atoms with van der Waals surface area (Å²) in [7, 11) is 0. The molecule has 0 atom stereocenters. The molecule has 1 fully saturated rings. The lowest BCUT2D eigenvalue weighted by Gasteiger charge is -2.30. The number of benzene rings is 6. The maximum atomic E-state index is 14.3. The normalized spacial score (nSPS) is 16.7. The first-order valence-electron chi connectivity index (χ1n) is 14.2. The average molecular weight is 518 g/mol. The number of carbonyl (C=O) groups is 1. The second-order valence-electron chi connectivity index (χ2n) is 10.8. The van der Waals surface area contributed by atoms with Crippen molar-refractivity contribution in [2.45, 2.75) is 13.3 Å². The van der Waals surface area contributed by atoms with E-state index in [0.29, 0.717) is 13.1 Å². The van der Waals surface area contributed by atoms with Crippen molar-refractivity contribution >= 4 is 61.0 Å². The van der Waals surface area contributed by atoms with E-state index in [1.54, 1.807) is 0 Å². The fourth-order valence-electron chi connectivity index (χ4n) is 6.34. The molecule has 2 heteroatoms. The fraction of sp³-hybridized carbons (Fsp3) is 0.132. The molecule has 40 heavy (non-hydrogen) atoms. The summed E-state index contributed by atoms with van der Waals surface area (Å²) in [4.78, 5) is 16.7. The van der Waals surface area contributed by atoms with Gasteiger partial charge in [-0.05, 0) is 91.5 Å². The molecule has 0 radical (unpaired) electrons. The van der Waals surface area contributed by atoms with Gasteiger partial charge in [-0.1, -0.05) is 104 Å². The second-order valence-corrected chi connectivity index (χ2v) is 10.8. The van der Waals surface area contributed by atoms with Crippen molar-refractivity contribution in [3.63, 3.8) is 0 Å².